The van der Waals surface area contributed by atoms with Crippen LogP contribution in [0.25, 0.3) is 0 Å². The van der Waals surface area contributed by atoms with Crippen LogP contribution in [-0.4, -0.2) is 27.1 Å². The zero-order valence-corrected chi connectivity index (χ0v) is 13.1. The van der Waals surface area contributed by atoms with E-state index in [1.165, 1.54) is 12.1 Å². The summed E-state index contributed by atoms with van der Waals surface area (Å²) in [7, 11) is -3.67. The standard InChI is InChI=1S/C14H21N3O3S/c1-3-12(4-2)10-15-17-14(18)11-16-21(19,20)13-8-6-5-7-9-13/h5-10,12,16H,3-4,11H2,1-2H3,(H,17,18)/b15-10-. The van der Waals surface area contributed by atoms with Crippen molar-refractivity contribution >= 4 is 22.1 Å². The highest BCUT2D eigenvalue weighted by Gasteiger charge is 2.14. The maximum absolute atomic E-state index is 11.9. The van der Waals surface area contributed by atoms with Crippen molar-refractivity contribution in [3.8, 4) is 0 Å². The van der Waals surface area contributed by atoms with Gasteiger partial charge in [0.2, 0.25) is 10.0 Å². The molecule has 21 heavy (non-hydrogen) atoms. The second-order valence-corrected chi connectivity index (χ2v) is 6.29. The summed E-state index contributed by atoms with van der Waals surface area (Å²) in [4.78, 5) is 11.7. The molecule has 1 aromatic carbocycles. The largest absolute Gasteiger partial charge is 0.272 e. The van der Waals surface area contributed by atoms with Crippen molar-refractivity contribution in [1.29, 1.82) is 0 Å². The maximum atomic E-state index is 11.9. The highest BCUT2D eigenvalue weighted by atomic mass is 32.2. The van der Waals surface area contributed by atoms with Crippen molar-refractivity contribution in [2.45, 2.75) is 31.6 Å². The van der Waals surface area contributed by atoms with Crippen LogP contribution in [0.4, 0.5) is 0 Å². The van der Waals surface area contributed by atoms with Crippen LogP contribution in [0.2, 0.25) is 0 Å². The Labute approximate surface area is 125 Å². The average Bonchev–Trinajstić information content (AvgIpc) is 2.50. The van der Waals surface area contributed by atoms with Gasteiger partial charge in [0.15, 0.2) is 0 Å². The SMILES string of the molecule is CCC(/C=N\NC(=O)CNS(=O)(=O)c1ccccc1)CC. The predicted octanol–water partition coefficient (Wildman–Crippen LogP) is 1.50. The molecule has 0 saturated heterocycles. The van der Waals surface area contributed by atoms with Gasteiger partial charge < -0.3 is 0 Å². The van der Waals surface area contributed by atoms with Crippen molar-refractivity contribution in [1.82, 2.24) is 10.1 Å². The summed E-state index contributed by atoms with van der Waals surface area (Å²) in [6.07, 6.45) is 3.55. The molecule has 6 nitrogen and oxygen atoms in total. The Bertz CT molecular complexity index is 566. The number of hydrazone groups is 1. The van der Waals surface area contributed by atoms with Crippen molar-refractivity contribution < 1.29 is 13.2 Å². The van der Waals surface area contributed by atoms with Gasteiger partial charge in [-0.1, -0.05) is 32.0 Å². The normalized spacial score (nSPS) is 12.0. The highest BCUT2D eigenvalue weighted by Crippen LogP contribution is 2.06. The second-order valence-electron chi connectivity index (χ2n) is 4.53. The topological polar surface area (TPSA) is 87.6 Å². The summed E-state index contributed by atoms with van der Waals surface area (Å²) in [6, 6.07) is 7.89. The molecule has 0 aliphatic carbocycles. The lowest BCUT2D eigenvalue weighted by atomic mass is 10.1. The van der Waals surface area contributed by atoms with E-state index in [0.717, 1.165) is 12.8 Å². The smallest absolute Gasteiger partial charge is 0.255 e. The average molecular weight is 311 g/mol. The molecule has 0 aliphatic rings. The molecule has 1 amide bonds. The van der Waals surface area contributed by atoms with E-state index in [4.69, 9.17) is 0 Å². The van der Waals surface area contributed by atoms with Gasteiger partial charge in [0.1, 0.15) is 0 Å². The third kappa shape index (κ3) is 6.05. The number of sulfonamides is 1. The molecule has 0 heterocycles. The summed E-state index contributed by atoms with van der Waals surface area (Å²) >= 11 is 0. The Kier molecular flexibility index (Phi) is 7.04. The third-order valence-corrected chi connectivity index (χ3v) is 4.42. The Balaban J connectivity index is 2.46. The van der Waals surface area contributed by atoms with Crippen molar-refractivity contribution in [3.63, 3.8) is 0 Å². The molecule has 2 N–H and O–H groups in total. The number of carbonyl (C=O) groups is 1. The lowest BCUT2D eigenvalue weighted by molar-refractivity contribution is -0.119. The van der Waals surface area contributed by atoms with E-state index in [-0.39, 0.29) is 11.4 Å². The first-order valence-electron chi connectivity index (χ1n) is 6.86. The molecule has 1 aromatic rings. The van der Waals surface area contributed by atoms with Gasteiger partial charge in [-0.05, 0) is 30.9 Å². The Morgan fingerprint density at radius 2 is 1.86 bits per heavy atom. The molecular formula is C14H21N3O3S. The zero-order chi connectivity index (χ0) is 15.7. The molecule has 0 fully saturated rings. The minimum absolute atomic E-state index is 0.123. The Morgan fingerprint density at radius 1 is 1.24 bits per heavy atom. The van der Waals surface area contributed by atoms with Gasteiger partial charge in [0.25, 0.3) is 5.91 Å². The van der Waals surface area contributed by atoms with Gasteiger partial charge in [-0.25, -0.2) is 18.6 Å². The minimum Gasteiger partial charge on any atom is -0.272 e. The van der Waals surface area contributed by atoms with Crippen LogP contribution in [0.15, 0.2) is 40.3 Å². The molecule has 116 valence electrons. The molecule has 7 heteroatoms. The van der Waals surface area contributed by atoms with Crippen LogP contribution in [0.3, 0.4) is 0 Å². The zero-order valence-electron chi connectivity index (χ0n) is 12.2. The molecule has 0 bridgehead atoms. The molecule has 0 spiro atoms. The van der Waals surface area contributed by atoms with Crippen molar-refractivity contribution in [2.24, 2.45) is 11.0 Å². The van der Waals surface area contributed by atoms with Crippen LogP contribution in [0.5, 0.6) is 0 Å². The lowest BCUT2D eigenvalue weighted by Gasteiger charge is -2.06. The first-order chi connectivity index (χ1) is 9.99. The number of nitrogens with zero attached hydrogens (tertiary/aromatic N) is 1. The lowest BCUT2D eigenvalue weighted by Crippen LogP contribution is -2.35. The summed E-state index contributed by atoms with van der Waals surface area (Å²) in [5, 5.41) is 3.83. The number of rotatable bonds is 8. The summed E-state index contributed by atoms with van der Waals surface area (Å²) in [5.41, 5.74) is 2.31. The van der Waals surface area contributed by atoms with Gasteiger partial charge >= 0.3 is 0 Å². The van der Waals surface area contributed by atoms with Gasteiger partial charge in [0.05, 0.1) is 11.4 Å². The number of benzene rings is 1. The molecular weight excluding hydrogens is 290 g/mol. The fourth-order valence-corrected chi connectivity index (χ4v) is 2.60. The van der Waals surface area contributed by atoms with E-state index in [2.05, 4.69) is 15.2 Å². The van der Waals surface area contributed by atoms with E-state index in [9.17, 15) is 13.2 Å². The molecule has 1 rings (SSSR count). The first kappa shape index (κ1) is 17.3. The van der Waals surface area contributed by atoms with E-state index in [1.807, 2.05) is 13.8 Å². The molecule has 0 radical (unpaired) electrons. The monoisotopic (exact) mass is 311 g/mol. The van der Waals surface area contributed by atoms with Gasteiger partial charge in [-0.15, -0.1) is 0 Å². The van der Waals surface area contributed by atoms with Crippen LogP contribution in [-0.2, 0) is 14.8 Å². The van der Waals surface area contributed by atoms with Crippen LogP contribution in [0, 0.1) is 5.92 Å². The Hall–Kier alpha value is -1.73. The van der Waals surface area contributed by atoms with Crippen LogP contribution >= 0.6 is 0 Å². The van der Waals surface area contributed by atoms with E-state index in [0.29, 0.717) is 5.92 Å². The fraction of sp³-hybridized carbons (Fsp3) is 0.429. The summed E-state index contributed by atoms with van der Waals surface area (Å²) in [5.74, 6) is -0.192. The van der Waals surface area contributed by atoms with Crippen LogP contribution in [0.1, 0.15) is 26.7 Å². The number of carbonyl (C=O) groups excluding carboxylic acids is 1. The quantitative estimate of drug-likeness (QED) is 0.563. The minimum atomic E-state index is -3.67. The number of amides is 1. The van der Waals surface area contributed by atoms with E-state index in [1.54, 1.807) is 24.4 Å². The van der Waals surface area contributed by atoms with Crippen LogP contribution < -0.4 is 10.1 Å². The number of hydrogen-bond donors (Lipinski definition) is 2. The summed E-state index contributed by atoms with van der Waals surface area (Å²) < 4.78 is 26.0. The van der Waals surface area contributed by atoms with Crippen molar-refractivity contribution in [3.05, 3.63) is 30.3 Å². The second kappa shape index (κ2) is 8.53. The molecule has 0 aromatic heterocycles. The third-order valence-electron chi connectivity index (χ3n) is 3.00. The van der Waals surface area contributed by atoms with Gasteiger partial charge in [-0.3, -0.25) is 4.79 Å². The fourth-order valence-electron chi connectivity index (χ4n) is 1.60. The first-order valence-corrected chi connectivity index (χ1v) is 8.34. The van der Waals surface area contributed by atoms with Gasteiger partial charge in [0, 0.05) is 6.21 Å². The Morgan fingerprint density at radius 3 is 2.43 bits per heavy atom. The number of nitrogens with one attached hydrogen (secondary N) is 2. The molecule has 0 atom stereocenters. The van der Waals surface area contributed by atoms with Gasteiger partial charge in [-0.2, -0.15) is 5.10 Å². The number of hydrogen-bond acceptors (Lipinski definition) is 4. The van der Waals surface area contributed by atoms with E-state index >= 15 is 0 Å². The molecule has 0 saturated carbocycles. The van der Waals surface area contributed by atoms with Crippen molar-refractivity contribution in [2.75, 3.05) is 6.54 Å². The van der Waals surface area contributed by atoms with E-state index < -0.39 is 15.9 Å². The molecule has 0 aliphatic heterocycles. The maximum Gasteiger partial charge on any atom is 0.255 e. The molecule has 0 unspecified atom stereocenters. The summed E-state index contributed by atoms with van der Waals surface area (Å²) in [6.45, 7) is 3.73. The highest BCUT2D eigenvalue weighted by molar-refractivity contribution is 7.89. The predicted molar refractivity (Wildman–Crippen MR) is 82.3 cm³/mol.